The van der Waals surface area contributed by atoms with E-state index in [0.29, 0.717) is 11.3 Å². The molecule has 0 unspecified atom stereocenters. The Morgan fingerprint density at radius 1 is 1.45 bits per heavy atom. The highest BCUT2D eigenvalue weighted by molar-refractivity contribution is 5.86. The molecule has 5 heteroatoms. The van der Waals surface area contributed by atoms with Crippen LogP contribution in [0.1, 0.15) is 0 Å². The van der Waals surface area contributed by atoms with Crippen molar-refractivity contribution in [3.8, 4) is 0 Å². The summed E-state index contributed by atoms with van der Waals surface area (Å²) in [4.78, 5) is 3.98. The summed E-state index contributed by atoms with van der Waals surface area (Å²) >= 11 is 0. The largest absolute Gasteiger partial charge is 0.398 e. The Morgan fingerprint density at radius 2 is 2.27 bits per heavy atom. The molecule has 0 bridgehead atoms. The summed E-state index contributed by atoms with van der Waals surface area (Å²) in [6.45, 7) is 0. The van der Waals surface area contributed by atoms with Crippen molar-refractivity contribution in [3.63, 3.8) is 0 Å². The van der Waals surface area contributed by atoms with E-state index < -0.39 is 0 Å². The van der Waals surface area contributed by atoms with E-state index in [1.807, 2.05) is 0 Å². The molecule has 0 aromatic carbocycles. The molecule has 0 fully saturated rings. The molecular formula is C6H7ClN4. The van der Waals surface area contributed by atoms with E-state index in [2.05, 4.69) is 15.2 Å². The van der Waals surface area contributed by atoms with E-state index in [1.54, 1.807) is 18.5 Å². The molecule has 11 heavy (non-hydrogen) atoms. The van der Waals surface area contributed by atoms with Gasteiger partial charge in [0.2, 0.25) is 0 Å². The normalized spacial score (nSPS) is 9.45. The first kappa shape index (κ1) is 7.81. The fourth-order valence-electron chi connectivity index (χ4n) is 0.872. The predicted molar refractivity (Wildman–Crippen MR) is 45.5 cm³/mol. The lowest BCUT2D eigenvalue weighted by Gasteiger charge is -1.89. The average molecular weight is 171 g/mol. The highest BCUT2D eigenvalue weighted by atomic mass is 35.5. The number of nitrogens with one attached hydrogen (secondary N) is 1. The molecule has 0 aliphatic rings. The second-order valence-corrected chi connectivity index (χ2v) is 2.02. The highest BCUT2D eigenvalue weighted by Crippen LogP contribution is 2.14. The minimum absolute atomic E-state index is 0. The molecule has 0 aliphatic heterocycles. The van der Waals surface area contributed by atoms with Gasteiger partial charge in [-0.25, -0.2) is 4.98 Å². The van der Waals surface area contributed by atoms with Crippen molar-refractivity contribution in [2.24, 2.45) is 0 Å². The minimum atomic E-state index is 0. The topological polar surface area (TPSA) is 67.6 Å². The van der Waals surface area contributed by atoms with E-state index in [1.165, 1.54) is 0 Å². The lowest BCUT2D eigenvalue weighted by Crippen LogP contribution is -1.85. The van der Waals surface area contributed by atoms with Crippen LogP contribution in [0, 0.1) is 0 Å². The van der Waals surface area contributed by atoms with Gasteiger partial charge in [-0.3, -0.25) is 5.10 Å². The van der Waals surface area contributed by atoms with Gasteiger partial charge in [-0.1, -0.05) is 0 Å². The number of fused-ring (bicyclic) bond motifs is 1. The Kier molecular flexibility index (Phi) is 1.96. The van der Waals surface area contributed by atoms with Crippen molar-refractivity contribution < 1.29 is 0 Å². The third kappa shape index (κ3) is 1.12. The maximum absolute atomic E-state index is 5.60. The minimum Gasteiger partial charge on any atom is -0.398 e. The number of hydrogen-bond acceptors (Lipinski definition) is 3. The zero-order chi connectivity index (χ0) is 6.97. The third-order valence-corrected chi connectivity index (χ3v) is 1.38. The van der Waals surface area contributed by atoms with Crippen LogP contribution in [0.15, 0.2) is 18.5 Å². The van der Waals surface area contributed by atoms with Crippen molar-refractivity contribution >= 4 is 29.1 Å². The number of nitrogens with two attached hydrogens (primary N) is 1. The highest BCUT2D eigenvalue weighted by Gasteiger charge is 1.97. The smallest absolute Gasteiger partial charge is 0.182 e. The number of rotatable bonds is 0. The molecule has 3 N–H and O–H groups in total. The molecule has 2 rings (SSSR count). The fraction of sp³-hybridized carbons (Fsp3) is 0. The summed E-state index contributed by atoms with van der Waals surface area (Å²) in [6.07, 6.45) is 3.37. The predicted octanol–water partition coefficient (Wildman–Crippen LogP) is 0.962. The van der Waals surface area contributed by atoms with Crippen LogP contribution in [0.2, 0.25) is 0 Å². The molecule has 0 atom stereocenters. The summed E-state index contributed by atoms with van der Waals surface area (Å²) in [5.41, 5.74) is 6.97. The molecule has 2 aromatic rings. The zero-order valence-corrected chi connectivity index (χ0v) is 6.43. The summed E-state index contributed by atoms with van der Waals surface area (Å²) in [5, 5.41) is 7.43. The van der Waals surface area contributed by atoms with Gasteiger partial charge in [-0.05, 0) is 6.07 Å². The van der Waals surface area contributed by atoms with Gasteiger partial charge in [-0.15, -0.1) is 12.4 Å². The van der Waals surface area contributed by atoms with Crippen molar-refractivity contribution in [2.75, 3.05) is 5.73 Å². The monoisotopic (exact) mass is 170 g/mol. The lowest BCUT2D eigenvalue weighted by atomic mass is 10.3. The first-order valence-electron chi connectivity index (χ1n) is 2.92. The third-order valence-electron chi connectivity index (χ3n) is 1.38. The van der Waals surface area contributed by atoms with Crippen LogP contribution in [-0.4, -0.2) is 15.2 Å². The molecule has 0 saturated heterocycles. The number of aromatic amines is 1. The van der Waals surface area contributed by atoms with Crippen molar-refractivity contribution in [1.29, 1.82) is 0 Å². The second-order valence-electron chi connectivity index (χ2n) is 2.02. The summed E-state index contributed by atoms with van der Waals surface area (Å²) in [7, 11) is 0. The van der Waals surface area contributed by atoms with E-state index in [9.17, 15) is 0 Å². The van der Waals surface area contributed by atoms with E-state index in [-0.39, 0.29) is 12.4 Å². The average Bonchev–Trinajstić information content (AvgIpc) is 2.36. The van der Waals surface area contributed by atoms with Crippen molar-refractivity contribution in [2.45, 2.75) is 0 Å². The Morgan fingerprint density at radius 3 is 3.00 bits per heavy atom. The standard InChI is InChI=1S/C6H6N4.ClH/c7-5-1-2-8-6-4(5)3-9-10-6;/h1-3H,(H3,7,8,9,10);1H. The Labute approximate surface area is 69.2 Å². The number of hydrogen-bond donors (Lipinski definition) is 2. The SMILES string of the molecule is Cl.Nc1ccnc2n[nH]cc12. The van der Waals surface area contributed by atoms with Gasteiger partial charge >= 0.3 is 0 Å². The first-order chi connectivity index (χ1) is 4.88. The van der Waals surface area contributed by atoms with Crippen LogP contribution in [0.4, 0.5) is 5.69 Å². The molecular weight excluding hydrogens is 164 g/mol. The molecule has 4 nitrogen and oxygen atoms in total. The number of aromatic nitrogens is 3. The number of nitrogens with zero attached hydrogens (tertiary/aromatic N) is 2. The van der Waals surface area contributed by atoms with Crippen molar-refractivity contribution in [3.05, 3.63) is 18.5 Å². The summed E-state index contributed by atoms with van der Waals surface area (Å²) in [6, 6.07) is 1.75. The Bertz CT molecular complexity index is 356. The Hall–Kier alpha value is -1.29. The molecule has 0 aliphatic carbocycles. The van der Waals surface area contributed by atoms with Gasteiger partial charge in [-0.2, -0.15) is 5.10 Å². The summed E-state index contributed by atoms with van der Waals surface area (Å²) < 4.78 is 0. The number of H-pyrrole nitrogens is 1. The van der Waals surface area contributed by atoms with Gasteiger partial charge in [0, 0.05) is 18.1 Å². The number of nitrogen functional groups attached to an aromatic ring is 1. The molecule has 2 aromatic heterocycles. The number of pyridine rings is 1. The van der Waals surface area contributed by atoms with Crippen LogP contribution < -0.4 is 5.73 Å². The fourth-order valence-corrected chi connectivity index (χ4v) is 0.872. The zero-order valence-electron chi connectivity index (χ0n) is 5.61. The number of halogens is 1. The van der Waals surface area contributed by atoms with Gasteiger partial charge in [0.25, 0.3) is 0 Å². The molecule has 0 spiro atoms. The van der Waals surface area contributed by atoms with Crippen LogP contribution >= 0.6 is 12.4 Å². The maximum Gasteiger partial charge on any atom is 0.182 e. The van der Waals surface area contributed by atoms with Crippen LogP contribution in [0.5, 0.6) is 0 Å². The summed E-state index contributed by atoms with van der Waals surface area (Å²) in [5.74, 6) is 0. The molecule has 2 heterocycles. The van der Waals surface area contributed by atoms with E-state index in [0.717, 1.165) is 5.39 Å². The lowest BCUT2D eigenvalue weighted by molar-refractivity contribution is 1.10. The van der Waals surface area contributed by atoms with Crippen LogP contribution in [-0.2, 0) is 0 Å². The first-order valence-corrected chi connectivity index (χ1v) is 2.92. The van der Waals surface area contributed by atoms with Gasteiger partial charge < -0.3 is 5.73 Å². The quantitative estimate of drug-likeness (QED) is 0.619. The van der Waals surface area contributed by atoms with Crippen molar-refractivity contribution in [1.82, 2.24) is 15.2 Å². The molecule has 0 saturated carbocycles. The van der Waals surface area contributed by atoms with Crippen LogP contribution in [0.3, 0.4) is 0 Å². The van der Waals surface area contributed by atoms with Gasteiger partial charge in [0.05, 0.1) is 5.39 Å². The second kappa shape index (κ2) is 2.75. The van der Waals surface area contributed by atoms with E-state index in [4.69, 9.17) is 5.73 Å². The van der Waals surface area contributed by atoms with Gasteiger partial charge in [0.15, 0.2) is 5.65 Å². The molecule has 58 valence electrons. The van der Waals surface area contributed by atoms with Crippen LogP contribution in [0.25, 0.3) is 11.0 Å². The molecule has 0 amide bonds. The maximum atomic E-state index is 5.60. The Balaban J connectivity index is 0.000000605. The molecule has 0 radical (unpaired) electrons. The van der Waals surface area contributed by atoms with Gasteiger partial charge in [0.1, 0.15) is 0 Å². The van der Waals surface area contributed by atoms with E-state index >= 15 is 0 Å². The number of anilines is 1.